The number of rotatable bonds is 5. The molecule has 2 aromatic carbocycles. The molecule has 5 nitrogen and oxygen atoms in total. The molecule has 0 saturated carbocycles. The summed E-state index contributed by atoms with van der Waals surface area (Å²) in [4.78, 5) is 12.0. The van der Waals surface area contributed by atoms with Crippen molar-refractivity contribution in [3.05, 3.63) is 53.6 Å². The number of alkyl halides is 3. The molecule has 27 heavy (non-hydrogen) atoms. The second-order valence-electron chi connectivity index (χ2n) is 6.14. The molecule has 144 valence electrons. The van der Waals surface area contributed by atoms with Gasteiger partial charge in [0.2, 0.25) is 0 Å². The normalized spacial score (nSPS) is 16.4. The number of carbonyl (C=O) groups excluding carboxylic acids is 1. The van der Waals surface area contributed by atoms with Crippen molar-refractivity contribution in [3.8, 4) is 11.5 Å². The number of aliphatic hydroxyl groups excluding tert-OH is 1. The fourth-order valence-corrected chi connectivity index (χ4v) is 3.01. The van der Waals surface area contributed by atoms with Crippen LogP contribution in [-0.4, -0.2) is 24.0 Å². The van der Waals surface area contributed by atoms with E-state index in [2.05, 4.69) is 10.1 Å². The van der Waals surface area contributed by atoms with Crippen LogP contribution in [0.5, 0.6) is 11.5 Å². The maximum absolute atomic E-state index is 12.1. The summed E-state index contributed by atoms with van der Waals surface area (Å²) in [5.74, 6) is -0.269. The average Bonchev–Trinajstić information content (AvgIpc) is 2.61. The van der Waals surface area contributed by atoms with Crippen LogP contribution in [0.15, 0.2) is 42.5 Å². The van der Waals surface area contributed by atoms with Gasteiger partial charge in [-0.25, -0.2) is 0 Å². The summed E-state index contributed by atoms with van der Waals surface area (Å²) in [7, 11) is 0. The lowest BCUT2D eigenvalue weighted by Gasteiger charge is -2.23. The van der Waals surface area contributed by atoms with Gasteiger partial charge in [-0.05, 0) is 60.7 Å². The van der Waals surface area contributed by atoms with E-state index in [0.29, 0.717) is 17.9 Å². The van der Waals surface area contributed by atoms with Gasteiger partial charge in [0.15, 0.2) is 6.61 Å². The molecular formula is C19H18F3NO4. The summed E-state index contributed by atoms with van der Waals surface area (Å²) in [6, 6.07) is 10.2. The van der Waals surface area contributed by atoms with Crippen LogP contribution in [-0.2, 0) is 11.2 Å². The van der Waals surface area contributed by atoms with E-state index in [1.807, 2.05) is 6.07 Å². The van der Waals surface area contributed by atoms with Crippen LogP contribution in [0.1, 0.15) is 30.1 Å². The minimum absolute atomic E-state index is 0.257. The molecule has 0 aromatic heterocycles. The predicted molar refractivity (Wildman–Crippen MR) is 91.6 cm³/mol. The zero-order chi connectivity index (χ0) is 19.4. The van der Waals surface area contributed by atoms with E-state index in [1.54, 1.807) is 12.1 Å². The third-order valence-corrected chi connectivity index (χ3v) is 4.16. The van der Waals surface area contributed by atoms with Crippen LogP contribution in [0.2, 0.25) is 0 Å². The van der Waals surface area contributed by atoms with Gasteiger partial charge < -0.3 is 19.9 Å². The standard InChI is InChI=1S/C19H18F3NO4/c20-19(21,22)27-13-9-7-12(8-10-13)23-18(25)11-26-17-6-2-3-14-15(17)4-1-5-16(14)24/h2-3,6-10,16,24H,1,4-5,11H2,(H,23,25)/t16-/m1/s1. The number of benzene rings is 2. The van der Waals surface area contributed by atoms with Crippen molar-refractivity contribution in [2.24, 2.45) is 0 Å². The summed E-state index contributed by atoms with van der Waals surface area (Å²) in [5.41, 5.74) is 2.04. The highest BCUT2D eigenvalue weighted by Gasteiger charge is 2.31. The maximum atomic E-state index is 12.1. The number of fused-ring (bicyclic) bond motifs is 1. The fraction of sp³-hybridized carbons (Fsp3) is 0.316. The molecule has 2 N–H and O–H groups in total. The van der Waals surface area contributed by atoms with Gasteiger partial charge in [0.05, 0.1) is 6.10 Å². The maximum Gasteiger partial charge on any atom is 0.573 e. The van der Waals surface area contributed by atoms with Crippen LogP contribution in [0.25, 0.3) is 0 Å². The molecule has 1 aliphatic rings. The lowest BCUT2D eigenvalue weighted by Crippen LogP contribution is -2.21. The molecule has 0 unspecified atom stereocenters. The Morgan fingerprint density at radius 2 is 1.93 bits per heavy atom. The van der Waals surface area contributed by atoms with Gasteiger partial charge in [-0.1, -0.05) is 12.1 Å². The first-order valence-corrected chi connectivity index (χ1v) is 8.40. The van der Waals surface area contributed by atoms with Crippen molar-refractivity contribution < 1.29 is 32.5 Å². The number of nitrogens with one attached hydrogen (secondary N) is 1. The van der Waals surface area contributed by atoms with Gasteiger partial charge in [-0.3, -0.25) is 4.79 Å². The minimum atomic E-state index is -4.76. The Morgan fingerprint density at radius 1 is 1.19 bits per heavy atom. The predicted octanol–water partition coefficient (Wildman–Crippen LogP) is 3.97. The quantitative estimate of drug-likeness (QED) is 0.822. The summed E-state index contributed by atoms with van der Waals surface area (Å²) >= 11 is 0. The molecule has 2 aromatic rings. The van der Waals surface area contributed by atoms with Gasteiger partial charge in [0.1, 0.15) is 11.5 Å². The van der Waals surface area contributed by atoms with Crippen molar-refractivity contribution in [2.75, 3.05) is 11.9 Å². The molecular weight excluding hydrogens is 363 g/mol. The van der Waals surface area contributed by atoms with Crippen LogP contribution < -0.4 is 14.8 Å². The van der Waals surface area contributed by atoms with Crippen molar-refractivity contribution in [1.29, 1.82) is 0 Å². The van der Waals surface area contributed by atoms with E-state index in [1.165, 1.54) is 12.1 Å². The summed E-state index contributed by atoms with van der Waals surface area (Å²) in [6.45, 7) is -0.257. The highest BCUT2D eigenvalue weighted by atomic mass is 19.4. The van der Waals surface area contributed by atoms with Gasteiger partial charge >= 0.3 is 6.36 Å². The number of hydrogen-bond acceptors (Lipinski definition) is 4. The molecule has 1 amide bonds. The second kappa shape index (κ2) is 7.87. The van der Waals surface area contributed by atoms with Gasteiger partial charge in [-0.2, -0.15) is 0 Å². The SMILES string of the molecule is O=C(COc1cccc2c1CCC[C@H]2O)Nc1ccc(OC(F)(F)F)cc1. The van der Waals surface area contributed by atoms with E-state index >= 15 is 0 Å². The summed E-state index contributed by atoms with van der Waals surface area (Å²) in [6.07, 6.45) is -2.98. The molecule has 0 heterocycles. The Balaban J connectivity index is 1.57. The second-order valence-corrected chi connectivity index (χ2v) is 6.14. The average molecular weight is 381 g/mol. The summed E-state index contributed by atoms with van der Waals surface area (Å²) < 4.78 is 45.8. The molecule has 0 bridgehead atoms. The number of anilines is 1. The van der Waals surface area contributed by atoms with Crippen LogP contribution in [0.4, 0.5) is 18.9 Å². The fourth-order valence-electron chi connectivity index (χ4n) is 3.01. The van der Waals surface area contributed by atoms with Crippen LogP contribution in [0, 0.1) is 0 Å². The lowest BCUT2D eigenvalue weighted by molar-refractivity contribution is -0.274. The van der Waals surface area contributed by atoms with Gasteiger partial charge in [-0.15, -0.1) is 13.2 Å². The first kappa shape index (κ1) is 19.0. The van der Waals surface area contributed by atoms with E-state index in [0.717, 1.165) is 36.1 Å². The largest absolute Gasteiger partial charge is 0.573 e. The number of carbonyl (C=O) groups is 1. The third kappa shape index (κ3) is 5.13. The molecule has 1 aliphatic carbocycles. The third-order valence-electron chi connectivity index (χ3n) is 4.16. The highest BCUT2D eigenvalue weighted by Crippen LogP contribution is 2.35. The zero-order valence-corrected chi connectivity index (χ0v) is 14.3. The van der Waals surface area contributed by atoms with Gasteiger partial charge in [0.25, 0.3) is 5.91 Å². The Bertz CT molecular complexity index is 806. The molecule has 0 spiro atoms. The van der Waals surface area contributed by atoms with E-state index in [9.17, 15) is 23.1 Å². The molecule has 0 radical (unpaired) electrons. The molecule has 3 rings (SSSR count). The molecule has 0 aliphatic heterocycles. The summed E-state index contributed by atoms with van der Waals surface area (Å²) in [5, 5.41) is 12.6. The first-order chi connectivity index (χ1) is 12.8. The van der Waals surface area contributed by atoms with Crippen molar-refractivity contribution >= 4 is 11.6 Å². The Labute approximate surface area is 153 Å². The van der Waals surface area contributed by atoms with Crippen molar-refractivity contribution in [1.82, 2.24) is 0 Å². The number of amides is 1. The smallest absolute Gasteiger partial charge is 0.483 e. The van der Waals surface area contributed by atoms with Gasteiger partial charge in [0, 0.05) is 5.69 Å². The molecule has 8 heteroatoms. The Kier molecular flexibility index (Phi) is 5.55. The molecule has 0 saturated heterocycles. The first-order valence-electron chi connectivity index (χ1n) is 8.40. The number of ether oxygens (including phenoxy) is 2. The highest BCUT2D eigenvalue weighted by molar-refractivity contribution is 5.91. The number of hydrogen-bond donors (Lipinski definition) is 2. The van der Waals surface area contributed by atoms with Crippen molar-refractivity contribution in [3.63, 3.8) is 0 Å². The Morgan fingerprint density at radius 3 is 2.63 bits per heavy atom. The van der Waals surface area contributed by atoms with E-state index < -0.39 is 18.4 Å². The topological polar surface area (TPSA) is 67.8 Å². The van der Waals surface area contributed by atoms with E-state index in [4.69, 9.17) is 4.74 Å². The van der Waals surface area contributed by atoms with E-state index in [-0.39, 0.29) is 12.4 Å². The number of halogens is 3. The Hall–Kier alpha value is -2.74. The van der Waals surface area contributed by atoms with Crippen molar-refractivity contribution in [2.45, 2.75) is 31.7 Å². The number of aliphatic hydroxyl groups is 1. The van der Waals surface area contributed by atoms with Crippen LogP contribution >= 0.6 is 0 Å². The zero-order valence-electron chi connectivity index (χ0n) is 14.3. The van der Waals surface area contributed by atoms with Crippen LogP contribution in [0.3, 0.4) is 0 Å². The minimum Gasteiger partial charge on any atom is -0.483 e. The lowest BCUT2D eigenvalue weighted by atomic mass is 9.89. The monoisotopic (exact) mass is 381 g/mol. The molecule has 1 atom stereocenters. The molecule has 0 fully saturated rings.